The molecule has 0 aliphatic heterocycles. The third-order valence-corrected chi connectivity index (χ3v) is 3.96. The molecule has 1 heterocycles. The standard InChI is InChI=1S/C13H13Cl2N3S/c1-3-19-13-17-8-10(18(13)2)7-16-12-5-4-9(14)6-11(12)15/h4-8H,3H2,1-2H3. The maximum atomic E-state index is 6.07. The van der Waals surface area contributed by atoms with Gasteiger partial charge in [-0.2, -0.15) is 0 Å². The van der Waals surface area contributed by atoms with Crippen LogP contribution < -0.4 is 0 Å². The van der Waals surface area contributed by atoms with Crippen molar-refractivity contribution in [1.29, 1.82) is 0 Å². The van der Waals surface area contributed by atoms with E-state index in [-0.39, 0.29) is 0 Å². The summed E-state index contributed by atoms with van der Waals surface area (Å²) < 4.78 is 2.00. The molecule has 100 valence electrons. The first-order chi connectivity index (χ1) is 9.11. The zero-order chi connectivity index (χ0) is 13.8. The molecular weight excluding hydrogens is 301 g/mol. The fraction of sp³-hybridized carbons (Fsp3) is 0.231. The average Bonchev–Trinajstić information content (AvgIpc) is 2.71. The van der Waals surface area contributed by atoms with Gasteiger partial charge >= 0.3 is 0 Å². The van der Waals surface area contributed by atoms with E-state index in [1.807, 2.05) is 11.6 Å². The molecule has 0 fully saturated rings. The van der Waals surface area contributed by atoms with Crippen LogP contribution in [0.3, 0.4) is 0 Å². The summed E-state index contributed by atoms with van der Waals surface area (Å²) >= 11 is 13.6. The van der Waals surface area contributed by atoms with Crippen molar-refractivity contribution in [3.8, 4) is 0 Å². The fourth-order valence-corrected chi connectivity index (χ4v) is 2.65. The van der Waals surface area contributed by atoms with Crippen LogP contribution in [0.4, 0.5) is 5.69 Å². The molecule has 1 aromatic carbocycles. The first-order valence-corrected chi connectivity index (χ1v) is 7.49. The van der Waals surface area contributed by atoms with Crippen LogP contribution in [0.15, 0.2) is 34.5 Å². The summed E-state index contributed by atoms with van der Waals surface area (Å²) in [5.74, 6) is 0.991. The summed E-state index contributed by atoms with van der Waals surface area (Å²) in [5, 5.41) is 2.12. The minimum atomic E-state index is 0.536. The summed E-state index contributed by atoms with van der Waals surface area (Å²) in [4.78, 5) is 8.70. The van der Waals surface area contributed by atoms with Gasteiger partial charge in [-0.05, 0) is 24.0 Å². The van der Waals surface area contributed by atoms with E-state index in [9.17, 15) is 0 Å². The average molecular weight is 314 g/mol. The third kappa shape index (κ3) is 3.53. The molecule has 0 unspecified atom stereocenters. The minimum absolute atomic E-state index is 0.536. The molecule has 0 spiro atoms. The van der Waals surface area contributed by atoms with Crippen LogP contribution in [-0.4, -0.2) is 21.5 Å². The number of thioether (sulfide) groups is 1. The maximum absolute atomic E-state index is 6.07. The third-order valence-electron chi connectivity index (χ3n) is 2.50. The highest BCUT2D eigenvalue weighted by Crippen LogP contribution is 2.27. The van der Waals surface area contributed by atoms with Gasteiger partial charge in [-0.3, -0.25) is 4.99 Å². The number of hydrogen-bond acceptors (Lipinski definition) is 3. The van der Waals surface area contributed by atoms with Crippen LogP contribution in [0.1, 0.15) is 12.6 Å². The highest BCUT2D eigenvalue weighted by molar-refractivity contribution is 7.99. The van der Waals surface area contributed by atoms with E-state index in [2.05, 4.69) is 16.9 Å². The van der Waals surface area contributed by atoms with E-state index in [1.54, 1.807) is 42.4 Å². The number of nitrogens with zero attached hydrogens (tertiary/aromatic N) is 3. The Labute approximate surface area is 126 Å². The summed E-state index contributed by atoms with van der Waals surface area (Å²) in [6.45, 7) is 2.10. The SMILES string of the molecule is CCSc1ncc(C=Nc2ccc(Cl)cc2Cl)n1C. The van der Waals surface area contributed by atoms with E-state index in [0.29, 0.717) is 15.7 Å². The molecule has 0 aliphatic carbocycles. The van der Waals surface area contributed by atoms with Crippen molar-refractivity contribution in [1.82, 2.24) is 9.55 Å². The number of rotatable bonds is 4. The summed E-state index contributed by atoms with van der Waals surface area (Å²) in [6, 6.07) is 5.23. The molecular formula is C13H13Cl2N3S. The number of aliphatic imine (C=N–C) groups is 1. The quantitative estimate of drug-likeness (QED) is 0.610. The molecule has 0 N–H and O–H groups in total. The predicted octanol–water partition coefficient (Wildman–Crippen LogP) is 4.59. The van der Waals surface area contributed by atoms with Gasteiger partial charge in [0.15, 0.2) is 5.16 Å². The van der Waals surface area contributed by atoms with Crippen molar-refractivity contribution in [3.05, 3.63) is 40.1 Å². The van der Waals surface area contributed by atoms with Gasteiger partial charge in [0.2, 0.25) is 0 Å². The van der Waals surface area contributed by atoms with Crippen molar-refractivity contribution in [2.45, 2.75) is 12.1 Å². The molecule has 0 radical (unpaired) electrons. The van der Waals surface area contributed by atoms with Gasteiger partial charge in [0.25, 0.3) is 0 Å². The molecule has 0 saturated heterocycles. The molecule has 0 amide bonds. The highest BCUT2D eigenvalue weighted by atomic mass is 35.5. The maximum Gasteiger partial charge on any atom is 0.168 e. The normalized spacial score (nSPS) is 11.4. The molecule has 1 aromatic heterocycles. The molecule has 0 saturated carbocycles. The monoisotopic (exact) mass is 313 g/mol. The Hall–Kier alpha value is -0.970. The van der Waals surface area contributed by atoms with Crippen molar-refractivity contribution in [3.63, 3.8) is 0 Å². The molecule has 2 rings (SSSR count). The smallest absolute Gasteiger partial charge is 0.168 e. The van der Waals surface area contributed by atoms with Crippen LogP contribution in [0, 0.1) is 0 Å². The zero-order valence-corrected chi connectivity index (χ0v) is 12.9. The number of aromatic nitrogens is 2. The van der Waals surface area contributed by atoms with Gasteiger partial charge < -0.3 is 4.57 Å². The second-order valence-corrected chi connectivity index (χ2v) is 5.89. The van der Waals surface area contributed by atoms with Gasteiger partial charge in [-0.15, -0.1) is 0 Å². The first kappa shape index (κ1) is 14.4. The lowest BCUT2D eigenvalue weighted by atomic mass is 10.3. The lowest BCUT2D eigenvalue weighted by molar-refractivity contribution is 0.785. The van der Waals surface area contributed by atoms with Crippen LogP contribution in [0.25, 0.3) is 0 Å². The summed E-state index contributed by atoms with van der Waals surface area (Å²) in [7, 11) is 1.97. The highest BCUT2D eigenvalue weighted by Gasteiger charge is 2.04. The fourth-order valence-electron chi connectivity index (χ4n) is 1.51. The van der Waals surface area contributed by atoms with Gasteiger partial charge in [-0.25, -0.2) is 4.98 Å². The Kier molecular flexibility index (Phi) is 4.91. The topological polar surface area (TPSA) is 30.2 Å². The Morgan fingerprint density at radius 3 is 2.89 bits per heavy atom. The predicted molar refractivity (Wildman–Crippen MR) is 83.3 cm³/mol. The van der Waals surface area contributed by atoms with Crippen LogP contribution in [0.5, 0.6) is 0 Å². The zero-order valence-electron chi connectivity index (χ0n) is 10.6. The minimum Gasteiger partial charge on any atom is -0.321 e. The lowest BCUT2D eigenvalue weighted by Gasteiger charge is -2.01. The van der Waals surface area contributed by atoms with Crippen molar-refractivity contribution in [2.24, 2.45) is 12.0 Å². The largest absolute Gasteiger partial charge is 0.321 e. The Morgan fingerprint density at radius 1 is 1.42 bits per heavy atom. The molecule has 19 heavy (non-hydrogen) atoms. The summed E-state index contributed by atoms with van der Waals surface area (Å²) in [6.07, 6.45) is 3.55. The first-order valence-electron chi connectivity index (χ1n) is 5.75. The second kappa shape index (κ2) is 6.46. The van der Waals surface area contributed by atoms with Crippen molar-refractivity contribution >= 4 is 46.9 Å². The lowest BCUT2D eigenvalue weighted by Crippen LogP contribution is -1.96. The molecule has 0 aliphatic rings. The van der Waals surface area contributed by atoms with Crippen LogP contribution in [0.2, 0.25) is 10.0 Å². The number of hydrogen-bond donors (Lipinski definition) is 0. The van der Waals surface area contributed by atoms with Gasteiger partial charge in [0.1, 0.15) is 0 Å². The Morgan fingerprint density at radius 2 is 2.21 bits per heavy atom. The van der Waals surface area contributed by atoms with E-state index >= 15 is 0 Å². The molecule has 3 nitrogen and oxygen atoms in total. The second-order valence-electron chi connectivity index (χ2n) is 3.81. The Bertz CT molecular complexity index is 608. The molecule has 0 atom stereocenters. The number of benzene rings is 1. The van der Waals surface area contributed by atoms with E-state index in [4.69, 9.17) is 23.2 Å². The van der Waals surface area contributed by atoms with Crippen LogP contribution in [-0.2, 0) is 7.05 Å². The van der Waals surface area contributed by atoms with Crippen molar-refractivity contribution < 1.29 is 0 Å². The van der Waals surface area contributed by atoms with E-state index in [0.717, 1.165) is 16.6 Å². The summed E-state index contributed by atoms with van der Waals surface area (Å²) in [5.41, 5.74) is 1.62. The number of imidazole rings is 1. The molecule has 2 aromatic rings. The molecule has 0 bridgehead atoms. The van der Waals surface area contributed by atoms with E-state index in [1.165, 1.54) is 0 Å². The van der Waals surface area contributed by atoms with E-state index < -0.39 is 0 Å². The van der Waals surface area contributed by atoms with Crippen molar-refractivity contribution in [2.75, 3.05) is 5.75 Å². The Balaban J connectivity index is 2.23. The number of halogens is 2. The molecule has 6 heteroatoms. The van der Waals surface area contributed by atoms with Gasteiger partial charge in [0.05, 0.1) is 28.8 Å². The van der Waals surface area contributed by atoms with Gasteiger partial charge in [0, 0.05) is 12.1 Å². The van der Waals surface area contributed by atoms with Crippen LogP contribution >= 0.6 is 35.0 Å². The van der Waals surface area contributed by atoms with Gasteiger partial charge in [-0.1, -0.05) is 41.9 Å².